The van der Waals surface area contributed by atoms with Crippen LogP contribution in [0.5, 0.6) is 0 Å². The Morgan fingerprint density at radius 1 is 1.03 bits per heavy atom. The fourth-order valence-electron chi connectivity index (χ4n) is 4.99. The summed E-state index contributed by atoms with van der Waals surface area (Å²) in [7, 11) is 0. The zero-order chi connectivity index (χ0) is 21.5. The van der Waals surface area contributed by atoms with Crippen molar-refractivity contribution in [2.75, 3.05) is 13.2 Å². The van der Waals surface area contributed by atoms with Crippen LogP contribution in [-0.4, -0.2) is 25.6 Å². The molecule has 2 aromatic rings. The second-order valence-corrected chi connectivity index (χ2v) is 8.81. The molecule has 3 unspecified atom stereocenters. The molecule has 0 N–H and O–H groups in total. The molecule has 4 heteroatoms. The highest BCUT2D eigenvalue weighted by Gasteiger charge is 2.41. The molecule has 0 aromatic heterocycles. The van der Waals surface area contributed by atoms with E-state index in [-0.39, 0.29) is 23.6 Å². The molecule has 4 rings (SSSR count). The minimum atomic E-state index is -0.313. The smallest absolute Gasteiger partial charge is 0.157 e. The Morgan fingerprint density at radius 3 is 2.68 bits per heavy atom. The molecule has 0 radical (unpaired) electrons. The van der Waals surface area contributed by atoms with Gasteiger partial charge in [-0.25, -0.2) is 4.39 Å². The topological polar surface area (TPSA) is 27.7 Å². The van der Waals surface area contributed by atoms with E-state index in [0.717, 1.165) is 57.1 Å². The maximum Gasteiger partial charge on any atom is 0.157 e. The number of hydrogen-bond donors (Lipinski definition) is 0. The molecule has 1 saturated heterocycles. The summed E-state index contributed by atoms with van der Waals surface area (Å²) < 4.78 is 33.1. The SMILES string of the molecule is C=Cc1c(F)cccc1C1(COC2CCCCO2)CCCC(OCc2ccccc2)C1. The fraction of sp³-hybridized carbons (Fsp3) is 0.481. The Bertz CT molecular complexity index is 847. The van der Waals surface area contributed by atoms with Gasteiger partial charge in [0.15, 0.2) is 6.29 Å². The summed E-state index contributed by atoms with van der Waals surface area (Å²) >= 11 is 0. The first-order chi connectivity index (χ1) is 15.2. The number of halogens is 1. The maximum atomic E-state index is 14.7. The molecule has 1 saturated carbocycles. The Balaban J connectivity index is 1.55. The summed E-state index contributed by atoms with van der Waals surface area (Å²) in [5, 5.41) is 0. The van der Waals surface area contributed by atoms with E-state index < -0.39 is 0 Å². The molecule has 2 fully saturated rings. The quantitative estimate of drug-likeness (QED) is 0.490. The van der Waals surface area contributed by atoms with Gasteiger partial charge in [-0.05, 0) is 62.1 Å². The van der Waals surface area contributed by atoms with Gasteiger partial charge in [0.05, 0.1) is 19.3 Å². The van der Waals surface area contributed by atoms with Crippen LogP contribution in [0.25, 0.3) is 6.08 Å². The zero-order valence-corrected chi connectivity index (χ0v) is 18.2. The molecule has 3 atom stereocenters. The summed E-state index contributed by atoms with van der Waals surface area (Å²) in [5.74, 6) is -0.229. The Hall–Kier alpha value is -2.01. The molecule has 3 nitrogen and oxygen atoms in total. The van der Waals surface area contributed by atoms with Gasteiger partial charge in [0.2, 0.25) is 0 Å². The van der Waals surface area contributed by atoms with Crippen LogP contribution in [-0.2, 0) is 26.2 Å². The molecule has 31 heavy (non-hydrogen) atoms. The number of benzene rings is 2. The lowest BCUT2D eigenvalue weighted by atomic mass is 9.67. The average Bonchev–Trinajstić information content (AvgIpc) is 2.83. The molecule has 166 valence electrons. The van der Waals surface area contributed by atoms with Crippen molar-refractivity contribution in [1.82, 2.24) is 0 Å². The molecule has 0 spiro atoms. The van der Waals surface area contributed by atoms with Crippen molar-refractivity contribution < 1.29 is 18.6 Å². The van der Waals surface area contributed by atoms with Gasteiger partial charge in [0.1, 0.15) is 5.82 Å². The third-order valence-corrected chi connectivity index (χ3v) is 6.64. The molecule has 1 heterocycles. The lowest BCUT2D eigenvalue weighted by Crippen LogP contribution is -2.42. The van der Waals surface area contributed by atoms with Gasteiger partial charge in [-0.3, -0.25) is 0 Å². The normalized spacial score (nSPS) is 26.5. The first kappa shape index (κ1) is 22.2. The number of hydrogen-bond acceptors (Lipinski definition) is 3. The number of rotatable bonds is 8. The van der Waals surface area contributed by atoms with Gasteiger partial charge in [-0.15, -0.1) is 0 Å². The van der Waals surface area contributed by atoms with E-state index in [1.165, 1.54) is 11.6 Å². The summed E-state index contributed by atoms with van der Waals surface area (Å²) in [6, 6.07) is 15.6. The minimum Gasteiger partial charge on any atom is -0.374 e. The zero-order valence-electron chi connectivity index (χ0n) is 18.2. The van der Waals surface area contributed by atoms with Crippen molar-refractivity contribution in [3.63, 3.8) is 0 Å². The summed E-state index contributed by atoms with van der Waals surface area (Å²) in [5.41, 5.74) is 2.42. The van der Waals surface area contributed by atoms with E-state index in [9.17, 15) is 4.39 Å². The number of ether oxygens (including phenoxy) is 3. The molecule has 2 aromatic carbocycles. The van der Waals surface area contributed by atoms with Gasteiger partial charge in [0.25, 0.3) is 0 Å². The highest BCUT2D eigenvalue weighted by Crippen LogP contribution is 2.43. The van der Waals surface area contributed by atoms with Crippen molar-refractivity contribution in [3.8, 4) is 0 Å². The third kappa shape index (κ3) is 5.43. The summed E-state index contributed by atoms with van der Waals surface area (Å²) in [6.07, 6.45) is 8.46. The lowest BCUT2D eigenvalue weighted by Gasteiger charge is -2.43. The molecular weight excluding hydrogens is 391 g/mol. The monoisotopic (exact) mass is 424 g/mol. The Kier molecular flexibility index (Phi) is 7.54. The second kappa shape index (κ2) is 10.5. The first-order valence-corrected chi connectivity index (χ1v) is 11.5. The van der Waals surface area contributed by atoms with Crippen molar-refractivity contribution in [2.24, 2.45) is 0 Å². The van der Waals surface area contributed by atoms with Crippen LogP contribution < -0.4 is 0 Å². The molecule has 0 amide bonds. The molecule has 2 aliphatic rings. The highest BCUT2D eigenvalue weighted by atomic mass is 19.1. The Morgan fingerprint density at radius 2 is 1.90 bits per heavy atom. The molecular formula is C27H33FO3. The van der Waals surface area contributed by atoms with Crippen molar-refractivity contribution in [2.45, 2.75) is 69.4 Å². The second-order valence-electron chi connectivity index (χ2n) is 8.81. The van der Waals surface area contributed by atoms with Crippen LogP contribution in [0.4, 0.5) is 4.39 Å². The lowest BCUT2D eigenvalue weighted by molar-refractivity contribution is -0.177. The standard InChI is InChI=1S/C27H33FO3/c1-2-23-24(13-8-14-25(23)28)27(20-31-26-15-6-7-17-29-26)16-9-12-22(18-27)30-19-21-10-4-3-5-11-21/h2-5,8,10-11,13-14,22,26H,1,6-7,9,12,15-20H2. The van der Waals surface area contributed by atoms with E-state index in [4.69, 9.17) is 14.2 Å². The van der Waals surface area contributed by atoms with E-state index >= 15 is 0 Å². The van der Waals surface area contributed by atoms with Crippen LogP contribution in [0, 0.1) is 5.82 Å². The van der Waals surface area contributed by atoms with Crippen LogP contribution >= 0.6 is 0 Å². The third-order valence-electron chi connectivity index (χ3n) is 6.64. The Labute approximate surface area is 185 Å². The van der Waals surface area contributed by atoms with Gasteiger partial charge >= 0.3 is 0 Å². The van der Waals surface area contributed by atoms with Crippen LogP contribution in [0.15, 0.2) is 55.1 Å². The van der Waals surface area contributed by atoms with E-state index in [1.807, 2.05) is 24.3 Å². The largest absolute Gasteiger partial charge is 0.374 e. The van der Waals surface area contributed by atoms with Crippen molar-refractivity contribution in [1.29, 1.82) is 0 Å². The van der Waals surface area contributed by atoms with Gasteiger partial charge in [-0.2, -0.15) is 0 Å². The average molecular weight is 425 g/mol. The summed E-state index contributed by atoms with van der Waals surface area (Å²) in [4.78, 5) is 0. The fourth-order valence-corrected chi connectivity index (χ4v) is 4.99. The van der Waals surface area contributed by atoms with E-state index in [1.54, 1.807) is 12.1 Å². The van der Waals surface area contributed by atoms with Crippen LogP contribution in [0.3, 0.4) is 0 Å². The highest BCUT2D eigenvalue weighted by molar-refractivity contribution is 5.55. The molecule has 0 bridgehead atoms. The van der Waals surface area contributed by atoms with E-state index in [0.29, 0.717) is 18.8 Å². The van der Waals surface area contributed by atoms with Crippen LogP contribution in [0.1, 0.15) is 61.6 Å². The van der Waals surface area contributed by atoms with E-state index in [2.05, 4.69) is 18.7 Å². The predicted octanol–water partition coefficient (Wildman–Crippen LogP) is 6.41. The van der Waals surface area contributed by atoms with Crippen molar-refractivity contribution in [3.05, 3.63) is 77.6 Å². The predicted molar refractivity (Wildman–Crippen MR) is 121 cm³/mol. The van der Waals surface area contributed by atoms with Gasteiger partial charge in [-0.1, -0.05) is 55.1 Å². The van der Waals surface area contributed by atoms with Crippen molar-refractivity contribution >= 4 is 6.08 Å². The maximum absolute atomic E-state index is 14.7. The molecule has 1 aliphatic heterocycles. The molecule has 1 aliphatic carbocycles. The first-order valence-electron chi connectivity index (χ1n) is 11.5. The van der Waals surface area contributed by atoms with Crippen LogP contribution in [0.2, 0.25) is 0 Å². The minimum absolute atomic E-state index is 0.103. The van der Waals surface area contributed by atoms with Gasteiger partial charge in [0, 0.05) is 17.6 Å². The van der Waals surface area contributed by atoms with Gasteiger partial charge < -0.3 is 14.2 Å². The summed E-state index contributed by atoms with van der Waals surface area (Å²) in [6.45, 7) is 5.73.